The van der Waals surface area contributed by atoms with Crippen LogP contribution in [-0.4, -0.2) is 28.4 Å². The second-order valence-electron chi connectivity index (χ2n) is 6.04. The number of hydrogen-bond acceptors (Lipinski definition) is 4. The lowest BCUT2D eigenvalue weighted by Crippen LogP contribution is -1.91. The Morgan fingerprint density at radius 1 is 1.11 bits per heavy atom. The maximum atomic E-state index is 10.4. The minimum absolute atomic E-state index is 0.0280. The number of rotatable bonds is 4. The van der Waals surface area contributed by atoms with E-state index in [1.54, 1.807) is 12.3 Å². The van der Waals surface area contributed by atoms with Gasteiger partial charge in [0.25, 0.3) is 0 Å². The van der Waals surface area contributed by atoms with Crippen molar-refractivity contribution in [2.24, 2.45) is 4.99 Å². The SMILES string of the molecule is COc1cc(Br)c(Br)c(C=Nc2ccc(-c3nc4ccccc4[nH]3)cc2)c1O. The molecule has 0 spiro atoms. The second kappa shape index (κ2) is 7.77. The van der Waals surface area contributed by atoms with Crippen molar-refractivity contribution < 1.29 is 9.84 Å². The molecule has 1 aromatic heterocycles. The Morgan fingerprint density at radius 2 is 1.86 bits per heavy atom. The number of hydrogen-bond donors (Lipinski definition) is 2. The van der Waals surface area contributed by atoms with Gasteiger partial charge in [0.15, 0.2) is 11.5 Å². The molecule has 0 radical (unpaired) electrons. The van der Waals surface area contributed by atoms with Gasteiger partial charge in [0.1, 0.15) is 5.82 Å². The van der Waals surface area contributed by atoms with E-state index in [4.69, 9.17) is 4.74 Å². The van der Waals surface area contributed by atoms with Crippen molar-refractivity contribution in [2.75, 3.05) is 7.11 Å². The Hall–Kier alpha value is -2.64. The fraction of sp³-hybridized carbons (Fsp3) is 0.0476. The summed E-state index contributed by atoms with van der Waals surface area (Å²) in [6, 6.07) is 17.3. The first-order chi connectivity index (χ1) is 13.6. The Morgan fingerprint density at radius 3 is 2.57 bits per heavy atom. The van der Waals surface area contributed by atoms with Crippen molar-refractivity contribution >= 4 is 54.8 Å². The van der Waals surface area contributed by atoms with Gasteiger partial charge in [-0.2, -0.15) is 0 Å². The van der Waals surface area contributed by atoms with Gasteiger partial charge in [-0.25, -0.2) is 4.98 Å². The molecule has 4 rings (SSSR count). The monoisotopic (exact) mass is 499 g/mol. The van der Waals surface area contributed by atoms with E-state index in [1.165, 1.54) is 7.11 Å². The predicted octanol–water partition coefficient (Wildman–Crippen LogP) is 6.22. The fourth-order valence-corrected chi connectivity index (χ4v) is 3.65. The minimum atomic E-state index is 0.0280. The van der Waals surface area contributed by atoms with Gasteiger partial charge >= 0.3 is 0 Å². The zero-order chi connectivity index (χ0) is 19.7. The van der Waals surface area contributed by atoms with Crippen molar-refractivity contribution in [3.63, 3.8) is 0 Å². The molecular formula is C21H15Br2N3O2. The minimum Gasteiger partial charge on any atom is -0.504 e. The number of aliphatic imine (C=N–C) groups is 1. The zero-order valence-electron chi connectivity index (χ0n) is 14.8. The van der Waals surface area contributed by atoms with Crippen LogP contribution in [0.2, 0.25) is 0 Å². The molecule has 0 aliphatic heterocycles. The van der Waals surface area contributed by atoms with Crippen LogP contribution in [-0.2, 0) is 0 Å². The first kappa shape index (κ1) is 18.7. The molecule has 1 heterocycles. The summed E-state index contributed by atoms with van der Waals surface area (Å²) in [5.74, 6) is 1.21. The van der Waals surface area contributed by atoms with Gasteiger partial charge in [-0.3, -0.25) is 4.99 Å². The Bertz CT molecular complexity index is 1150. The summed E-state index contributed by atoms with van der Waals surface area (Å²) in [4.78, 5) is 12.4. The third kappa shape index (κ3) is 3.55. The number of benzene rings is 3. The first-order valence-electron chi connectivity index (χ1n) is 8.41. The predicted molar refractivity (Wildman–Crippen MR) is 119 cm³/mol. The highest BCUT2D eigenvalue weighted by Gasteiger charge is 2.14. The molecule has 0 aliphatic carbocycles. The van der Waals surface area contributed by atoms with Crippen molar-refractivity contribution in [3.8, 4) is 22.9 Å². The third-order valence-corrected chi connectivity index (χ3v) is 6.30. The molecule has 0 bridgehead atoms. The summed E-state index contributed by atoms with van der Waals surface area (Å²) in [6.07, 6.45) is 1.60. The van der Waals surface area contributed by atoms with E-state index in [1.807, 2.05) is 48.5 Å². The van der Waals surface area contributed by atoms with Crippen LogP contribution < -0.4 is 4.74 Å². The maximum Gasteiger partial charge on any atom is 0.167 e. The highest BCUT2D eigenvalue weighted by Crippen LogP contribution is 2.39. The molecule has 28 heavy (non-hydrogen) atoms. The topological polar surface area (TPSA) is 70.5 Å². The quantitative estimate of drug-likeness (QED) is 0.327. The standard InChI is InChI=1S/C21H15Br2N3O2/c1-28-18-10-15(22)19(23)14(20(18)27)11-24-13-8-6-12(7-9-13)21-25-16-4-2-3-5-17(16)26-21/h2-11,27H,1H3,(H,25,26). The van der Waals surface area contributed by atoms with Gasteiger partial charge in [-0.15, -0.1) is 0 Å². The molecule has 2 N–H and O–H groups in total. The highest BCUT2D eigenvalue weighted by atomic mass is 79.9. The number of nitrogens with one attached hydrogen (secondary N) is 1. The number of ether oxygens (including phenoxy) is 1. The molecule has 5 nitrogen and oxygen atoms in total. The van der Waals surface area contributed by atoms with E-state index < -0.39 is 0 Å². The number of H-pyrrole nitrogens is 1. The molecule has 140 valence electrons. The average Bonchev–Trinajstić information content (AvgIpc) is 3.15. The number of fused-ring (bicyclic) bond motifs is 1. The van der Waals surface area contributed by atoms with Gasteiger partial charge in [0.05, 0.1) is 29.4 Å². The lowest BCUT2D eigenvalue weighted by atomic mass is 10.2. The van der Waals surface area contributed by atoms with Gasteiger partial charge in [-0.1, -0.05) is 12.1 Å². The van der Waals surface area contributed by atoms with Gasteiger partial charge < -0.3 is 14.8 Å². The van der Waals surface area contributed by atoms with Crippen LogP contribution in [0.1, 0.15) is 5.56 Å². The summed E-state index contributed by atoms with van der Waals surface area (Å²) < 4.78 is 6.66. The number of phenols is 1. The number of methoxy groups -OCH3 is 1. The fourth-order valence-electron chi connectivity index (χ4n) is 2.82. The van der Waals surface area contributed by atoms with Crippen LogP contribution in [0.5, 0.6) is 11.5 Å². The smallest absolute Gasteiger partial charge is 0.167 e. The summed E-state index contributed by atoms with van der Waals surface area (Å²) in [5, 5.41) is 10.4. The molecule has 0 amide bonds. The Labute approximate surface area is 178 Å². The molecule has 0 unspecified atom stereocenters. The molecule has 3 aromatic carbocycles. The van der Waals surface area contributed by atoms with E-state index >= 15 is 0 Å². The van der Waals surface area contributed by atoms with E-state index in [0.29, 0.717) is 15.8 Å². The van der Waals surface area contributed by atoms with Crippen LogP contribution in [0.4, 0.5) is 5.69 Å². The molecule has 0 aliphatic rings. The Kier molecular flexibility index (Phi) is 5.19. The van der Waals surface area contributed by atoms with E-state index in [-0.39, 0.29) is 5.75 Å². The van der Waals surface area contributed by atoms with E-state index in [2.05, 4.69) is 46.8 Å². The second-order valence-corrected chi connectivity index (χ2v) is 7.69. The van der Waals surface area contributed by atoms with Crippen LogP contribution in [0.15, 0.2) is 68.5 Å². The highest BCUT2D eigenvalue weighted by molar-refractivity contribution is 9.13. The van der Waals surface area contributed by atoms with Crippen molar-refractivity contribution in [1.82, 2.24) is 9.97 Å². The summed E-state index contributed by atoms with van der Waals surface area (Å²) in [6.45, 7) is 0. The number of para-hydroxylation sites is 2. The van der Waals surface area contributed by atoms with Crippen LogP contribution in [0, 0.1) is 0 Å². The van der Waals surface area contributed by atoms with Crippen molar-refractivity contribution in [1.29, 1.82) is 0 Å². The number of imidazole rings is 1. The molecule has 0 saturated carbocycles. The lowest BCUT2D eigenvalue weighted by molar-refractivity contribution is 0.372. The Balaban J connectivity index is 1.62. The normalized spacial score (nSPS) is 11.4. The summed E-state index contributed by atoms with van der Waals surface area (Å²) in [5.41, 5.74) is 4.20. The number of phenolic OH excluding ortho intramolecular Hbond substituents is 1. The number of aromatic hydroxyl groups is 1. The zero-order valence-corrected chi connectivity index (χ0v) is 18.0. The van der Waals surface area contributed by atoms with Gasteiger partial charge in [-0.05, 0) is 74.3 Å². The maximum absolute atomic E-state index is 10.4. The van der Waals surface area contributed by atoms with Crippen molar-refractivity contribution in [2.45, 2.75) is 0 Å². The molecule has 0 fully saturated rings. The molecule has 7 heteroatoms. The largest absolute Gasteiger partial charge is 0.504 e. The molecular weight excluding hydrogens is 486 g/mol. The summed E-state index contributed by atoms with van der Waals surface area (Å²) >= 11 is 6.90. The van der Waals surface area contributed by atoms with E-state index in [0.717, 1.165) is 32.6 Å². The van der Waals surface area contributed by atoms with Gasteiger partial charge in [0.2, 0.25) is 0 Å². The third-order valence-electron chi connectivity index (χ3n) is 4.29. The van der Waals surface area contributed by atoms with Crippen molar-refractivity contribution in [3.05, 3.63) is 69.1 Å². The number of aromatic nitrogens is 2. The molecule has 0 saturated heterocycles. The first-order valence-corrected chi connectivity index (χ1v) is 9.99. The average molecular weight is 501 g/mol. The number of nitrogens with zero attached hydrogens (tertiary/aromatic N) is 2. The summed E-state index contributed by atoms with van der Waals surface area (Å²) in [7, 11) is 1.51. The van der Waals surface area contributed by atoms with Crippen LogP contribution >= 0.6 is 31.9 Å². The number of halogens is 2. The molecule has 0 atom stereocenters. The van der Waals surface area contributed by atoms with Gasteiger partial charge in [0, 0.05) is 20.7 Å². The van der Waals surface area contributed by atoms with Crippen LogP contribution in [0.25, 0.3) is 22.4 Å². The lowest BCUT2D eigenvalue weighted by Gasteiger charge is -2.09. The van der Waals surface area contributed by atoms with E-state index in [9.17, 15) is 5.11 Å². The molecule has 4 aromatic rings. The number of aromatic amines is 1. The van der Waals surface area contributed by atoms with Crippen LogP contribution in [0.3, 0.4) is 0 Å².